The van der Waals surface area contributed by atoms with Gasteiger partial charge in [-0.1, -0.05) is 12.1 Å². The number of benzene rings is 2. The lowest BCUT2D eigenvalue weighted by Gasteiger charge is -2.15. The maximum absolute atomic E-state index is 13.2. The Morgan fingerprint density at radius 1 is 1.30 bits per heavy atom. The van der Waals surface area contributed by atoms with E-state index in [1.807, 2.05) is 6.92 Å². The van der Waals surface area contributed by atoms with Gasteiger partial charge in [0.05, 0.1) is 11.1 Å². The van der Waals surface area contributed by atoms with Crippen molar-refractivity contribution >= 4 is 21.8 Å². The van der Waals surface area contributed by atoms with Gasteiger partial charge in [-0.05, 0) is 52.7 Å². The number of rotatable bonds is 6. The standard InChI is InChI=1S/C16H16BrFN2O3/c1-2-22-14-8-11(16(21)20-19)7-13(17)15(14)23-9-10-4-3-5-12(18)6-10/h3-8H,2,9,19H2,1H3,(H,20,21). The molecule has 0 aliphatic carbocycles. The number of hydrazine groups is 1. The molecule has 0 fully saturated rings. The van der Waals surface area contributed by atoms with Gasteiger partial charge in [0.15, 0.2) is 11.5 Å². The van der Waals surface area contributed by atoms with E-state index < -0.39 is 5.91 Å². The van der Waals surface area contributed by atoms with Crippen LogP contribution in [0.1, 0.15) is 22.8 Å². The van der Waals surface area contributed by atoms with Crippen LogP contribution in [0.25, 0.3) is 0 Å². The molecule has 0 radical (unpaired) electrons. The predicted octanol–water partition coefficient (Wildman–Crippen LogP) is 3.17. The lowest BCUT2D eigenvalue weighted by Crippen LogP contribution is -2.30. The second kappa shape index (κ2) is 7.94. The van der Waals surface area contributed by atoms with Crippen LogP contribution in [0, 0.1) is 5.82 Å². The van der Waals surface area contributed by atoms with E-state index in [9.17, 15) is 9.18 Å². The Morgan fingerprint density at radius 3 is 2.74 bits per heavy atom. The van der Waals surface area contributed by atoms with Gasteiger partial charge >= 0.3 is 0 Å². The third-order valence-electron chi connectivity index (χ3n) is 2.97. The average Bonchev–Trinajstić information content (AvgIpc) is 2.53. The van der Waals surface area contributed by atoms with Gasteiger partial charge in [-0.2, -0.15) is 0 Å². The lowest BCUT2D eigenvalue weighted by molar-refractivity contribution is 0.0953. The molecule has 0 aromatic heterocycles. The SMILES string of the molecule is CCOc1cc(C(=O)NN)cc(Br)c1OCc1cccc(F)c1. The van der Waals surface area contributed by atoms with Crippen molar-refractivity contribution in [2.75, 3.05) is 6.61 Å². The summed E-state index contributed by atoms with van der Waals surface area (Å²) in [5, 5.41) is 0. The zero-order valence-electron chi connectivity index (χ0n) is 12.4. The molecule has 2 aromatic carbocycles. The Labute approximate surface area is 141 Å². The summed E-state index contributed by atoms with van der Waals surface area (Å²) in [6.45, 7) is 2.38. The first-order chi connectivity index (χ1) is 11.0. The lowest BCUT2D eigenvalue weighted by atomic mass is 10.2. The molecule has 0 aliphatic rings. The van der Waals surface area contributed by atoms with Gasteiger partial charge in [0.2, 0.25) is 0 Å². The van der Waals surface area contributed by atoms with Crippen molar-refractivity contribution in [3.8, 4) is 11.5 Å². The normalized spacial score (nSPS) is 10.3. The van der Waals surface area contributed by atoms with E-state index >= 15 is 0 Å². The van der Waals surface area contributed by atoms with E-state index in [0.717, 1.165) is 0 Å². The summed E-state index contributed by atoms with van der Waals surface area (Å²) >= 11 is 3.35. The molecule has 0 heterocycles. The number of nitrogens with two attached hydrogens (primary N) is 1. The minimum Gasteiger partial charge on any atom is -0.490 e. The monoisotopic (exact) mass is 382 g/mol. The van der Waals surface area contributed by atoms with Crippen molar-refractivity contribution in [1.82, 2.24) is 5.43 Å². The Hall–Kier alpha value is -2.12. The summed E-state index contributed by atoms with van der Waals surface area (Å²) in [7, 11) is 0. The van der Waals surface area contributed by atoms with Crippen molar-refractivity contribution in [3.63, 3.8) is 0 Å². The summed E-state index contributed by atoms with van der Waals surface area (Å²) in [5.74, 6) is 5.21. The van der Waals surface area contributed by atoms with E-state index in [1.165, 1.54) is 18.2 Å². The molecule has 0 bridgehead atoms. The molecule has 0 atom stereocenters. The fourth-order valence-corrected chi connectivity index (χ4v) is 2.52. The number of carbonyl (C=O) groups excluding carboxylic acids is 1. The molecular weight excluding hydrogens is 367 g/mol. The maximum atomic E-state index is 13.2. The average molecular weight is 383 g/mol. The maximum Gasteiger partial charge on any atom is 0.265 e. The summed E-state index contributed by atoms with van der Waals surface area (Å²) in [6.07, 6.45) is 0. The largest absolute Gasteiger partial charge is 0.490 e. The number of amides is 1. The number of hydrogen-bond donors (Lipinski definition) is 2. The van der Waals surface area contributed by atoms with Crippen molar-refractivity contribution in [2.45, 2.75) is 13.5 Å². The van der Waals surface area contributed by atoms with Crippen LogP contribution in [-0.2, 0) is 6.61 Å². The topological polar surface area (TPSA) is 73.6 Å². The van der Waals surface area contributed by atoms with Crippen molar-refractivity contribution in [2.24, 2.45) is 5.84 Å². The molecule has 23 heavy (non-hydrogen) atoms. The van der Waals surface area contributed by atoms with Crippen molar-refractivity contribution in [1.29, 1.82) is 0 Å². The van der Waals surface area contributed by atoms with E-state index in [0.29, 0.717) is 33.7 Å². The van der Waals surface area contributed by atoms with Crippen LogP contribution in [0.5, 0.6) is 11.5 Å². The van der Waals surface area contributed by atoms with Crippen LogP contribution >= 0.6 is 15.9 Å². The molecule has 7 heteroatoms. The summed E-state index contributed by atoms with van der Waals surface area (Å²) < 4.78 is 25.0. The molecular formula is C16H16BrFN2O3. The number of ether oxygens (including phenoxy) is 2. The van der Waals surface area contributed by atoms with Crippen LogP contribution < -0.4 is 20.7 Å². The Kier molecular flexibility index (Phi) is 5.95. The fraction of sp³-hybridized carbons (Fsp3) is 0.188. The van der Waals surface area contributed by atoms with Gasteiger partial charge in [0, 0.05) is 5.56 Å². The molecule has 122 valence electrons. The summed E-state index contributed by atoms with van der Waals surface area (Å²) in [6, 6.07) is 9.24. The minimum atomic E-state index is -0.441. The summed E-state index contributed by atoms with van der Waals surface area (Å²) in [4.78, 5) is 11.7. The van der Waals surface area contributed by atoms with Gasteiger partial charge in [-0.3, -0.25) is 10.2 Å². The molecule has 0 unspecified atom stereocenters. The van der Waals surface area contributed by atoms with Crippen LogP contribution in [0.4, 0.5) is 4.39 Å². The Bertz CT molecular complexity index is 710. The van der Waals surface area contributed by atoms with Crippen molar-refractivity contribution in [3.05, 3.63) is 57.8 Å². The third kappa shape index (κ3) is 4.43. The van der Waals surface area contributed by atoms with E-state index in [2.05, 4.69) is 21.4 Å². The quantitative estimate of drug-likeness (QED) is 0.457. The number of hydrogen-bond acceptors (Lipinski definition) is 4. The zero-order valence-corrected chi connectivity index (χ0v) is 14.0. The van der Waals surface area contributed by atoms with Crippen molar-refractivity contribution < 1.29 is 18.7 Å². The number of nitrogens with one attached hydrogen (secondary N) is 1. The van der Waals surface area contributed by atoms with Crippen LogP contribution in [0.15, 0.2) is 40.9 Å². The fourth-order valence-electron chi connectivity index (χ4n) is 1.97. The molecule has 0 saturated carbocycles. The van der Waals surface area contributed by atoms with E-state index in [1.54, 1.807) is 18.2 Å². The van der Waals surface area contributed by atoms with Gasteiger partial charge in [0.1, 0.15) is 12.4 Å². The summed E-state index contributed by atoms with van der Waals surface area (Å²) in [5.41, 5.74) is 3.08. The Morgan fingerprint density at radius 2 is 2.09 bits per heavy atom. The molecule has 1 amide bonds. The molecule has 2 aromatic rings. The minimum absolute atomic E-state index is 0.166. The smallest absolute Gasteiger partial charge is 0.265 e. The predicted molar refractivity (Wildman–Crippen MR) is 87.7 cm³/mol. The highest BCUT2D eigenvalue weighted by atomic mass is 79.9. The van der Waals surface area contributed by atoms with Gasteiger partial charge in [-0.15, -0.1) is 0 Å². The van der Waals surface area contributed by atoms with Gasteiger partial charge in [0.25, 0.3) is 5.91 Å². The Balaban J connectivity index is 2.27. The first kappa shape index (κ1) is 17.2. The number of nitrogen functional groups attached to an aromatic ring is 1. The number of halogens is 2. The van der Waals surface area contributed by atoms with E-state index in [-0.39, 0.29) is 12.4 Å². The third-order valence-corrected chi connectivity index (χ3v) is 3.56. The van der Waals surface area contributed by atoms with Gasteiger partial charge < -0.3 is 9.47 Å². The molecule has 5 nitrogen and oxygen atoms in total. The zero-order chi connectivity index (χ0) is 16.8. The van der Waals surface area contributed by atoms with E-state index in [4.69, 9.17) is 15.3 Å². The second-order valence-electron chi connectivity index (χ2n) is 4.61. The molecule has 3 N–H and O–H groups in total. The second-order valence-corrected chi connectivity index (χ2v) is 5.46. The van der Waals surface area contributed by atoms with Gasteiger partial charge in [-0.25, -0.2) is 10.2 Å². The first-order valence-electron chi connectivity index (χ1n) is 6.89. The highest BCUT2D eigenvalue weighted by Gasteiger charge is 2.16. The highest BCUT2D eigenvalue weighted by Crippen LogP contribution is 2.37. The molecule has 0 spiro atoms. The van der Waals surface area contributed by atoms with Crippen LogP contribution in [0.2, 0.25) is 0 Å². The molecule has 0 aliphatic heterocycles. The van der Waals surface area contributed by atoms with Crippen LogP contribution in [0.3, 0.4) is 0 Å². The molecule has 0 saturated heterocycles. The highest BCUT2D eigenvalue weighted by molar-refractivity contribution is 9.10. The molecule has 2 rings (SSSR count). The first-order valence-corrected chi connectivity index (χ1v) is 7.69. The number of carbonyl (C=O) groups is 1. The van der Waals surface area contributed by atoms with Crippen LogP contribution in [-0.4, -0.2) is 12.5 Å².